The van der Waals surface area contributed by atoms with Gasteiger partial charge in [0.2, 0.25) is 5.91 Å². The number of aryl methyl sites for hydroxylation is 1. The first-order valence-electron chi connectivity index (χ1n) is 7.53. The largest absolute Gasteiger partial charge is 0.479 e. The maximum Gasteiger partial charge on any atom is 0.332 e. The SMILES string of the molecule is Cc1ccccc1CC(C)(C)NC(=O)[C@@H]1CC[C@H](C(=O)O)O1. The van der Waals surface area contributed by atoms with Crippen molar-refractivity contribution in [2.45, 2.75) is 57.8 Å². The van der Waals surface area contributed by atoms with Gasteiger partial charge in [0.15, 0.2) is 6.10 Å². The molecule has 0 spiro atoms. The molecule has 2 atom stereocenters. The summed E-state index contributed by atoms with van der Waals surface area (Å²) in [6.45, 7) is 5.96. The zero-order valence-electron chi connectivity index (χ0n) is 13.3. The molecule has 5 nitrogen and oxygen atoms in total. The normalized spacial score (nSPS) is 21.6. The lowest BCUT2D eigenvalue weighted by molar-refractivity contribution is -0.152. The van der Waals surface area contributed by atoms with Crippen LogP contribution in [0.15, 0.2) is 24.3 Å². The topological polar surface area (TPSA) is 75.6 Å². The molecule has 22 heavy (non-hydrogen) atoms. The van der Waals surface area contributed by atoms with Gasteiger partial charge in [0.1, 0.15) is 6.10 Å². The number of benzene rings is 1. The van der Waals surface area contributed by atoms with Crippen LogP contribution >= 0.6 is 0 Å². The van der Waals surface area contributed by atoms with Crippen LogP contribution in [0, 0.1) is 6.92 Å². The molecule has 1 saturated heterocycles. The second-order valence-electron chi connectivity index (χ2n) is 6.51. The molecule has 1 aromatic carbocycles. The van der Waals surface area contributed by atoms with E-state index in [4.69, 9.17) is 9.84 Å². The summed E-state index contributed by atoms with van der Waals surface area (Å²) in [7, 11) is 0. The Morgan fingerprint density at radius 2 is 1.91 bits per heavy atom. The lowest BCUT2D eigenvalue weighted by atomic mass is 9.92. The predicted molar refractivity (Wildman–Crippen MR) is 82.6 cm³/mol. The number of nitrogens with one attached hydrogen (secondary N) is 1. The third kappa shape index (κ3) is 4.07. The highest BCUT2D eigenvalue weighted by Gasteiger charge is 2.36. The highest BCUT2D eigenvalue weighted by atomic mass is 16.5. The number of aliphatic carboxylic acids is 1. The summed E-state index contributed by atoms with van der Waals surface area (Å²) in [4.78, 5) is 23.2. The monoisotopic (exact) mass is 305 g/mol. The van der Waals surface area contributed by atoms with E-state index < -0.39 is 23.7 Å². The summed E-state index contributed by atoms with van der Waals surface area (Å²) < 4.78 is 5.29. The Labute approximate surface area is 130 Å². The lowest BCUT2D eigenvalue weighted by Gasteiger charge is -2.28. The van der Waals surface area contributed by atoms with Crippen LogP contribution in [0.2, 0.25) is 0 Å². The summed E-state index contributed by atoms with van der Waals surface area (Å²) in [6, 6.07) is 8.07. The molecule has 0 unspecified atom stereocenters. The maximum atomic E-state index is 12.3. The number of ether oxygens (including phenoxy) is 1. The first kappa shape index (κ1) is 16.5. The molecule has 2 rings (SSSR count). The molecule has 1 aliphatic rings. The fourth-order valence-electron chi connectivity index (χ4n) is 2.75. The quantitative estimate of drug-likeness (QED) is 0.873. The summed E-state index contributed by atoms with van der Waals surface area (Å²) >= 11 is 0. The van der Waals surface area contributed by atoms with Gasteiger partial charge in [-0.1, -0.05) is 24.3 Å². The van der Waals surface area contributed by atoms with E-state index in [2.05, 4.69) is 11.4 Å². The van der Waals surface area contributed by atoms with Crippen LogP contribution in [0.4, 0.5) is 0 Å². The Kier molecular flexibility index (Phi) is 4.86. The van der Waals surface area contributed by atoms with E-state index >= 15 is 0 Å². The number of carbonyl (C=O) groups excluding carboxylic acids is 1. The maximum absolute atomic E-state index is 12.3. The molecule has 1 heterocycles. The highest BCUT2D eigenvalue weighted by molar-refractivity contribution is 5.83. The van der Waals surface area contributed by atoms with Gasteiger partial charge in [0, 0.05) is 5.54 Å². The molecule has 0 aromatic heterocycles. The minimum absolute atomic E-state index is 0.234. The van der Waals surface area contributed by atoms with Crippen LogP contribution in [0.1, 0.15) is 37.8 Å². The average Bonchev–Trinajstić information content (AvgIpc) is 2.90. The van der Waals surface area contributed by atoms with Gasteiger partial charge in [-0.05, 0) is 51.2 Å². The Balaban J connectivity index is 1.95. The van der Waals surface area contributed by atoms with Crippen molar-refractivity contribution in [3.05, 3.63) is 35.4 Å². The van der Waals surface area contributed by atoms with Crippen LogP contribution in [0.3, 0.4) is 0 Å². The first-order valence-corrected chi connectivity index (χ1v) is 7.53. The molecule has 0 saturated carbocycles. The van der Waals surface area contributed by atoms with E-state index in [1.165, 1.54) is 11.1 Å². The van der Waals surface area contributed by atoms with E-state index in [1.54, 1.807) is 0 Å². The van der Waals surface area contributed by atoms with Gasteiger partial charge in [0.05, 0.1) is 0 Å². The number of rotatable bonds is 5. The molecule has 120 valence electrons. The minimum atomic E-state index is -1.01. The van der Waals surface area contributed by atoms with Crippen LogP contribution < -0.4 is 5.32 Å². The first-order chi connectivity index (χ1) is 10.3. The van der Waals surface area contributed by atoms with E-state index in [-0.39, 0.29) is 5.91 Å². The summed E-state index contributed by atoms with van der Waals surface area (Å²) in [5, 5.41) is 11.9. The van der Waals surface area contributed by atoms with E-state index in [0.29, 0.717) is 19.3 Å². The minimum Gasteiger partial charge on any atom is -0.479 e. The summed E-state index contributed by atoms with van der Waals surface area (Å²) in [6.07, 6.45) is 0.00234. The number of hydrogen-bond acceptors (Lipinski definition) is 3. The van der Waals surface area contributed by atoms with Gasteiger partial charge < -0.3 is 15.2 Å². The molecular formula is C17H23NO4. The fraction of sp³-hybridized carbons (Fsp3) is 0.529. The fourth-order valence-corrected chi connectivity index (χ4v) is 2.75. The van der Waals surface area contributed by atoms with Crippen LogP contribution in [-0.4, -0.2) is 34.7 Å². The Morgan fingerprint density at radius 3 is 2.50 bits per heavy atom. The van der Waals surface area contributed by atoms with Crippen LogP contribution in [0.5, 0.6) is 0 Å². The van der Waals surface area contributed by atoms with Gasteiger partial charge in [-0.25, -0.2) is 4.79 Å². The molecule has 2 N–H and O–H groups in total. The van der Waals surface area contributed by atoms with Crippen molar-refractivity contribution in [3.63, 3.8) is 0 Å². The van der Waals surface area contributed by atoms with Crippen molar-refractivity contribution in [1.82, 2.24) is 5.32 Å². The molecule has 1 amide bonds. The number of carboxylic acid groups (broad SMARTS) is 1. The molecule has 0 aliphatic carbocycles. The van der Waals surface area contributed by atoms with Crippen LogP contribution in [-0.2, 0) is 20.7 Å². The Morgan fingerprint density at radius 1 is 1.27 bits per heavy atom. The standard InChI is InChI=1S/C17H23NO4/c1-11-6-4-5-7-12(11)10-17(2,3)18-15(19)13-8-9-14(22-13)16(20)21/h4-7,13-14H,8-10H2,1-3H3,(H,18,19)(H,20,21)/t13-,14+/m0/s1. The number of hydrogen-bond donors (Lipinski definition) is 2. The molecule has 0 bridgehead atoms. The van der Waals surface area contributed by atoms with Gasteiger partial charge in [-0.15, -0.1) is 0 Å². The van der Waals surface area contributed by atoms with E-state index in [1.807, 2.05) is 39.0 Å². The Hall–Kier alpha value is -1.88. The number of carbonyl (C=O) groups is 2. The molecular weight excluding hydrogens is 282 g/mol. The van der Waals surface area contributed by atoms with Crippen molar-refractivity contribution in [1.29, 1.82) is 0 Å². The summed E-state index contributed by atoms with van der Waals surface area (Å²) in [5.74, 6) is -1.24. The van der Waals surface area contributed by atoms with Crippen molar-refractivity contribution >= 4 is 11.9 Å². The zero-order chi connectivity index (χ0) is 16.3. The molecule has 1 aliphatic heterocycles. The Bertz CT molecular complexity index is 568. The zero-order valence-corrected chi connectivity index (χ0v) is 13.3. The molecule has 0 radical (unpaired) electrons. The second-order valence-corrected chi connectivity index (χ2v) is 6.51. The molecule has 5 heteroatoms. The number of carboxylic acids is 1. The van der Waals surface area contributed by atoms with Crippen molar-refractivity contribution < 1.29 is 19.4 Å². The van der Waals surface area contributed by atoms with Crippen molar-refractivity contribution in [2.24, 2.45) is 0 Å². The summed E-state index contributed by atoms with van der Waals surface area (Å²) in [5.41, 5.74) is 1.95. The predicted octanol–water partition coefficient (Wildman–Crippen LogP) is 2.06. The van der Waals surface area contributed by atoms with E-state index in [0.717, 1.165) is 0 Å². The third-order valence-electron chi connectivity index (χ3n) is 3.94. The molecule has 1 aromatic rings. The van der Waals surface area contributed by atoms with Crippen LogP contribution in [0.25, 0.3) is 0 Å². The third-order valence-corrected chi connectivity index (χ3v) is 3.94. The van der Waals surface area contributed by atoms with E-state index in [9.17, 15) is 9.59 Å². The van der Waals surface area contributed by atoms with Crippen molar-refractivity contribution in [3.8, 4) is 0 Å². The smallest absolute Gasteiger partial charge is 0.332 e. The van der Waals surface area contributed by atoms with Crippen molar-refractivity contribution in [2.75, 3.05) is 0 Å². The van der Waals surface area contributed by atoms with Gasteiger partial charge >= 0.3 is 5.97 Å². The average molecular weight is 305 g/mol. The van der Waals surface area contributed by atoms with Gasteiger partial charge in [-0.3, -0.25) is 4.79 Å². The highest BCUT2D eigenvalue weighted by Crippen LogP contribution is 2.22. The molecule has 1 fully saturated rings. The van der Waals surface area contributed by atoms with Gasteiger partial charge in [-0.2, -0.15) is 0 Å². The lowest BCUT2D eigenvalue weighted by Crippen LogP contribution is -2.49. The second kappa shape index (κ2) is 6.48. The van der Waals surface area contributed by atoms with Gasteiger partial charge in [0.25, 0.3) is 0 Å². The number of amides is 1.